The van der Waals surface area contributed by atoms with Crippen LogP contribution in [0.1, 0.15) is 239 Å². The molecule has 0 N–H and O–H groups in total. The Bertz CT molecular complexity index is 1630. The minimum atomic E-state index is -0.815. The Kier molecular flexibility index (Phi) is 56.0. The van der Waals surface area contributed by atoms with Gasteiger partial charge >= 0.3 is 17.9 Å². The lowest BCUT2D eigenvalue weighted by atomic mass is 10.1. The van der Waals surface area contributed by atoms with Gasteiger partial charge in [0.2, 0.25) is 0 Å². The summed E-state index contributed by atoms with van der Waals surface area (Å²) < 4.78 is 16.8. The van der Waals surface area contributed by atoms with Crippen LogP contribution in [0.5, 0.6) is 0 Å². The second-order valence-electron chi connectivity index (χ2n) is 18.8. The number of esters is 3. The zero-order valence-electron chi connectivity index (χ0n) is 46.8. The monoisotopic (exact) mass is 1010 g/mol. The third-order valence-corrected chi connectivity index (χ3v) is 11.8. The summed E-state index contributed by atoms with van der Waals surface area (Å²) in [6.45, 7) is 6.33. The van der Waals surface area contributed by atoms with Crippen LogP contribution in [0, 0.1) is 0 Å². The third-order valence-electron chi connectivity index (χ3n) is 11.8. The van der Waals surface area contributed by atoms with Gasteiger partial charge in [-0.3, -0.25) is 14.4 Å². The highest BCUT2D eigenvalue weighted by Crippen LogP contribution is 2.13. The van der Waals surface area contributed by atoms with E-state index in [1.807, 2.05) is 0 Å². The topological polar surface area (TPSA) is 78.9 Å². The van der Waals surface area contributed by atoms with Crippen LogP contribution < -0.4 is 0 Å². The molecule has 0 aliphatic rings. The maximum absolute atomic E-state index is 12.9. The molecule has 0 aromatic rings. The molecule has 6 nitrogen and oxygen atoms in total. The molecular weight excluding hydrogens is 901 g/mol. The fraction of sp³-hybridized carbons (Fsp3) is 0.597. The number of carbonyl (C=O) groups is 3. The van der Waals surface area contributed by atoms with Crippen molar-refractivity contribution in [2.75, 3.05) is 13.2 Å². The second-order valence-corrected chi connectivity index (χ2v) is 18.8. The van der Waals surface area contributed by atoms with Crippen molar-refractivity contribution in [1.29, 1.82) is 0 Å². The number of hydrogen-bond acceptors (Lipinski definition) is 6. The van der Waals surface area contributed by atoms with Crippen molar-refractivity contribution >= 4 is 17.9 Å². The molecule has 0 amide bonds. The van der Waals surface area contributed by atoms with Crippen LogP contribution in [0.2, 0.25) is 0 Å². The van der Waals surface area contributed by atoms with E-state index in [2.05, 4.69) is 167 Å². The third kappa shape index (κ3) is 58.1. The molecule has 0 saturated carbocycles. The fourth-order valence-corrected chi connectivity index (χ4v) is 7.47. The molecule has 0 saturated heterocycles. The number of hydrogen-bond donors (Lipinski definition) is 0. The molecule has 0 aliphatic heterocycles. The highest BCUT2D eigenvalue weighted by atomic mass is 16.6. The van der Waals surface area contributed by atoms with E-state index >= 15 is 0 Å². The Hall–Kier alpha value is -4.71. The van der Waals surface area contributed by atoms with Crippen LogP contribution in [0.3, 0.4) is 0 Å². The zero-order chi connectivity index (χ0) is 52.9. The van der Waals surface area contributed by atoms with Gasteiger partial charge in [-0.25, -0.2) is 0 Å². The predicted octanol–water partition coefficient (Wildman–Crippen LogP) is 20.0. The summed E-state index contributed by atoms with van der Waals surface area (Å²) in [5, 5.41) is 0. The average Bonchev–Trinajstić information content (AvgIpc) is 3.39. The van der Waals surface area contributed by atoms with Gasteiger partial charge in [-0.2, -0.15) is 0 Å². The van der Waals surface area contributed by atoms with E-state index < -0.39 is 6.10 Å². The van der Waals surface area contributed by atoms with Crippen molar-refractivity contribution in [1.82, 2.24) is 0 Å². The number of ether oxygens (including phenoxy) is 3. The highest BCUT2D eigenvalue weighted by molar-refractivity contribution is 5.71. The largest absolute Gasteiger partial charge is 0.462 e. The molecule has 0 fully saturated rings. The first-order valence-corrected chi connectivity index (χ1v) is 29.3. The Balaban J connectivity index is 4.49. The summed E-state index contributed by atoms with van der Waals surface area (Å²) in [7, 11) is 0. The van der Waals surface area contributed by atoms with Gasteiger partial charge in [-0.1, -0.05) is 224 Å². The Morgan fingerprint density at radius 3 is 0.863 bits per heavy atom. The van der Waals surface area contributed by atoms with Gasteiger partial charge in [0.05, 0.1) is 0 Å². The number of carbonyl (C=O) groups excluding carboxylic acids is 3. The van der Waals surface area contributed by atoms with Gasteiger partial charge in [0.25, 0.3) is 0 Å². The van der Waals surface area contributed by atoms with E-state index in [9.17, 15) is 14.4 Å². The molecule has 0 aliphatic carbocycles. The molecule has 6 heteroatoms. The number of rotatable bonds is 51. The van der Waals surface area contributed by atoms with Crippen LogP contribution >= 0.6 is 0 Å². The normalized spacial score (nSPS) is 13.2. The summed E-state index contributed by atoms with van der Waals surface area (Å²) in [6.07, 6.45) is 85.5. The van der Waals surface area contributed by atoms with Gasteiger partial charge in [-0.15, -0.1) is 0 Å². The molecular formula is C67H106O6. The summed E-state index contributed by atoms with van der Waals surface area (Å²) in [5.41, 5.74) is 0. The minimum Gasteiger partial charge on any atom is -0.462 e. The van der Waals surface area contributed by atoms with E-state index in [1.54, 1.807) is 0 Å². The van der Waals surface area contributed by atoms with Crippen LogP contribution in [-0.4, -0.2) is 37.2 Å². The molecule has 73 heavy (non-hydrogen) atoms. The van der Waals surface area contributed by atoms with E-state index in [-0.39, 0.29) is 37.5 Å². The molecule has 0 spiro atoms. The summed E-state index contributed by atoms with van der Waals surface area (Å²) in [6, 6.07) is 0. The van der Waals surface area contributed by atoms with Crippen molar-refractivity contribution in [3.63, 3.8) is 0 Å². The molecule has 0 aromatic carbocycles. The number of allylic oxidation sites excluding steroid dienone is 24. The van der Waals surface area contributed by atoms with Crippen LogP contribution in [0.25, 0.3) is 0 Å². The first kappa shape index (κ1) is 68.3. The van der Waals surface area contributed by atoms with E-state index in [0.29, 0.717) is 12.8 Å². The molecule has 0 heterocycles. The standard InChI is InChI=1S/C67H106O6/c1-4-7-10-13-16-19-22-25-27-29-30-31-32-33-34-35-36-38-39-42-45-48-51-54-57-60-66(69)72-63-64(62-71-65(68)59-56-53-50-47-44-41-24-21-18-15-12-9-6-3)73-67(70)61-58-55-52-49-46-43-40-37-28-26-23-20-17-14-11-8-5-2/h7-8,10-11,16-17,19-21,24-28,30-31,33-34,36,38,40,42-43,45,64H,4-6,9,12-15,18,22-23,29,32,35,37,39,41,44,46-63H2,1-3H3/b10-7-,11-8-,19-16-,20-17-,24-21-,27-25-,28-26-,31-30-,34-33-,38-36-,43-40-,45-42-. The van der Waals surface area contributed by atoms with Crippen molar-refractivity contribution in [2.24, 2.45) is 0 Å². The lowest BCUT2D eigenvalue weighted by molar-refractivity contribution is -0.167. The summed E-state index contributed by atoms with van der Waals surface area (Å²) in [4.78, 5) is 38.2. The van der Waals surface area contributed by atoms with Crippen LogP contribution in [0.4, 0.5) is 0 Å². The maximum Gasteiger partial charge on any atom is 0.306 e. The lowest BCUT2D eigenvalue weighted by Gasteiger charge is -2.18. The molecule has 410 valence electrons. The Morgan fingerprint density at radius 1 is 0.288 bits per heavy atom. The molecule has 1 atom stereocenters. The predicted molar refractivity (Wildman–Crippen MR) is 315 cm³/mol. The van der Waals surface area contributed by atoms with E-state index in [4.69, 9.17) is 14.2 Å². The van der Waals surface area contributed by atoms with E-state index in [0.717, 1.165) is 161 Å². The first-order chi connectivity index (χ1) is 36.0. The van der Waals surface area contributed by atoms with Crippen molar-refractivity contribution < 1.29 is 28.6 Å². The second kappa shape index (κ2) is 59.8. The molecule has 0 bridgehead atoms. The fourth-order valence-electron chi connectivity index (χ4n) is 7.47. The SMILES string of the molecule is CC/C=C\C/C=C\C/C=C\C/C=C\C/C=C\C/C=C\C/C=C\CCCCCC(=O)OCC(COC(=O)CCCCCCC/C=C\CCCCCC)OC(=O)CCCCCC/C=C\C/C=C\C/C=C\C/C=C\CC. The highest BCUT2D eigenvalue weighted by Gasteiger charge is 2.19. The maximum atomic E-state index is 12.9. The number of unbranched alkanes of at least 4 members (excludes halogenated alkanes) is 16. The quantitative estimate of drug-likeness (QED) is 0.0261. The zero-order valence-corrected chi connectivity index (χ0v) is 46.8. The minimum absolute atomic E-state index is 0.109. The van der Waals surface area contributed by atoms with E-state index in [1.165, 1.54) is 38.5 Å². The van der Waals surface area contributed by atoms with Gasteiger partial charge in [0.15, 0.2) is 6.10 Å². The molecule has 1 unspecified atom stereocenters. The molecule has 0 radical (unpaired) electrons. The smallest absolute Gasteiger partial charge is 0.306 e. The van der Waals surface area contributed by atoms with Gasteiger partial charge in [0.1, 0.15) is 13.2 Å². The van der Waals surface area contributed by atoms with Crippen LogP contribution in [0.15, 0.2) is 146 Å². The van der Waals surface area contributed by atoms with Crippen molar-refractivity contribution in [2.45, 2.75) is 245 Å². The first-order valence-electron chi connectivity index (χ1n) is 29.3. The van der Waals surface area contributed by atoms with Crippen molar-refractivity contribution in [3.05, 3.63) is 146 Å². The lowest BCUT2D eigenvalue weighted by Crippen LogP contribution is -2.30. The Morgan fingerprint density at radius 2 is 0.534 bits per heavy atom. The average molecular weight is 1010 g/mol. The molecule has 0 rings (SSSR count). The Labute approximate surface area is 448 Å². The van der Waals surface area contributed by atoms with Crippen molar-refractivity contribution in [3.8, 4) is 0 Å². The van der Waals surface area contributed by atoms with Gasteiger partial charge in [-0.05, 0) is 141 Å². The molecule has 0 aromatic heterocycles. The van der Waals surface area contributed by atoms with Gasteiger partial charge < -0.3 is 14.2 Å². The van der Waals surface area contributed by atoms with Gasteiger partial charge in [0, 0.05) is 19.3 Å². The van der Waals surface area contributed by atoms with Crippen LogP contribution in [-0.2, 0) is 28.6 Å². The summed E-state index contributed by atoms with van der Waals surface area (Å²) >= 11 is 0. The summed E-state index contributed by atoms with van der Waals surface area (Å²) in [5.74, 6) is -0.981.